The van der Waals surface area contributed by atoms with Crippen LogP contribution in [0.15, 0.2) is 18.2 Å². The van der Waals surface area contributed by atoms with Crippen molar-refractivity contribution in [2.45, 2.75) is 25.5 Å². The van der Waals surface area contributed by atoms with Crippen LogP contribution in [0.2, 0.25) is 0 Å². The summed E-state index contributed by atoms with van der Waals surface area (Å²) in [5.41, 5.74) is 0.511. The van der Waals surface area contributed by atoms with E-state index in [4.69, 9.17) is 4.74 Å². The first-order valence-electron chi connectivity index (χ1n) is 5.38. The molecular formula is C12H13F2NO2. The van der Waals surface area contributed by atoms with Gasteiger partial charge in [0.25, 0.3) is 0 Å². The molecule has 1 aliphatic heterocycles. The van der Waals surface area contributed by atoms with Crippen LogP contribution in [0.4, 0.5) is 8.78 Å². The fourth-order valence-corrected chi connectivity index (χ4v) is 1.81. The third-order valence-corrected chi connectivity index (χ3v) is 2.57. The molecule has 1 heterocycles. The van der Waals surface area contributed by atoms with E-state index in [0.717, 1.165) is 6.07 Å². The van der Waals surface area contributed by atoms with Gasteiger partial charge in [0.05, 0.1) is 12.6 Å². The minimum absolute atomic E-state index is 0.0507. The van der Waals surface area contributed by atoms with Gasteiger partial charge < -0.3 is 10.1 Å². The smallest absolute Gasteiger partial charge is 0.217 e. The molecule has 1 fully saturated rings. The number of ether oxygens (including phenoxy) is 1. The summed E-state index contributed by atoms with van der Waals surface area (Å²) in [5.74, 6) is -1.40. The standard InChI is InChI=1S/C12H13F2NO2/c1-7(16)15-11(12-6-17-12)4-8-2-9(13)5-10(14)3-8/h2-3,5,11-12H,4,6H2,1H3,(H,15,16). The minimum Gasteiger partial charge on any atom is -0.371 e. The maximum absolute atomic E-state index is 13.0. The maximum Gasteiger partial charge on any atom is 0.217 e. The van der Waals surface area contributed by atoms with Crippen LogP contribution >= 0.6 is 0 Å². The first-order chi connectivity index (χ1) is 8.04. The molecule has 1 saturated heterocycles. The Kier molecular flexibility index (Phi) is 3.38. The van der Waals surface area contributed by atoms with Gasteiger partial charge in [-0.25, -0.2) is 8.78 Å². The van der Waals surface area contributed by atoms with Crippen LogP contribution in [0.25, 0.3) is 0 Å². The van der Waals surface area contributed by atoms with E-state index in [1.54, 1.807) is 0 Å². The van der Waals surface area contributed by atoms with Crippen molar-refractivity contribution in [3.8, 4) is 0 Å². The van der Waals surface area contributed by atoms with Crippen molar-refractivity contribution in [3.63, 3.8) is 0 Å². The van der Waals surface area contributed by atoms with E-state index in [1.165, 1.54) is 19.1 Å². The van der Waals surface area contributed by atoms with Gasteiger partial charge >= 0.3 is 0 Å². The summed E-state index contributed by atoms with van der Waals surface area (Å²) in [6.07, 6.45) is 0.309. The molecule has 1 amide bonds. The third-order valence-electron chi connectivity index (χ3n) is 2.57. The lowest BCUT2D eigenvalue weighted by Gasteiger charge is -2.15. The Labute approximate surface area is 97.8 Å². The lowest BCUT2D eigenvalue weighted by molar-refractivity contribution is -0.119. The molecule has 1 aliphatic rings. The molecular weight excluding hydrogens is 228 g/mol. The summed E-state index contributed by atoms with van der Waals surface area (Å²) < 4.78 is 31.1. The number of hydrogen-bond donors (Lipinski definition) is 1. The molecule has 92 valence electrons. The number of nitrogens with one attached hydrogen (secondary N) is 1. The van der Waals surface area contributed by atoms with Crippen molar-refractivity contribution in [1.82, 2.24) is 5.32 Å². The quantitative estimate of drug-likeness (QED) is 0.810. The Bertz CT molecular complexity index is 412. The Balaban J connectivity index is 2.08. The largest absolute Gasteiger partial charge is 0.371 e. The van der Waals surface area contributed by atoms with Crippen molar-refractivity contribution in [2.75, 3.05) is 6.61 Å². The molecule has 0 bridgehead atoms. The van der Waals surface area contributed by atoms with Crippen molar-refractivity contribution >= 4 is 5.91 Å². The van der Waals surface area contributed by atoms with Crippen LogP contribution in [0.1, 0.15) is 12.5 Å². The summed E-state index contributed by atoms with van der Waals surface area (Å²) in [7, 11) is 0. The number of carbonyl (C=O) groups is 1. The third kappa shape index (κ3) is 3.49. The minimum atomic E-state index is -0.613. The molecule has 2 rings (SSSR count). The van der Waals surface area contributed by atoms with Crippen molar-refractivity contribution in [3.05, 3.63) is 35.4 Å². The Morgan fingerprint density at radius 1 is 1.47 bits per heavy atom. The molecule has 0 aliphatic carbocycles. The molecule has 2 atom stereocenters. The lowest BCUT2D eigenvalue weighted by atomic mass is 10.0. The molecule has 0 aromatic heterocycles. The van der Waals surface area contributed by atoms with Gasteiger partial charge in [-0.2, -0.15) is 0 Å². The van der Waals surface area contributed by atoms with E-state index in [9.17, 15) is 13.6 Å². The van der Waals surface area contributed by atoms with Crippen LogP contribution in [0.3, 0.4) is 0 Å². The molecule has 0 spiro atoms. The van der Waals surface area contributed by atoms with Crippen LogP contribution in [0, 0.1) is 11.6 Å². The number of rotatable bonds is 4. The number of halogens is 2. The zero-order valence-electron chi connectivity index (χ0n) is 9.37. The molecule has 17 heavy (non-hydrogen) atoms. The van der Waals surface area contributed by atoms with Gasteiger partial charge in [0.15, 0.2) is 0 Å². The van der Waals surface area contributed by atoms with E-state index in [0.29, 0.717) is 18.6 Å². The van der Waals surface area contributed by atoms with Crippen LogP contribution in [-0.2, 0) is 16.0 Å². The Morgan fingerprint density at radius 3 is 2.53 bits per heavy atom. The molecule has 5 heteroatoms. The zero-order valence-corrected chi connectivity index (χ0v) is 9.37. The van der Waals surface area contributed by atoms with Crippen LogP contribution in [-0.4, -0.2) is 24.7 Å². The average molecular weight is 241 g/mol. The van der Waals surface area contributed by atoms with E-state index in [1.807, 2.05) is 0 Å². The zero-order chi connectivity index (χ0) is 12.4. The van der Waals surface area contributed by atoms with E-state index >= 15 is 0 Å². The Hall–Kier alpha value is -1.49. The van der Waals surface area contributed by atoms with Crippen molar-refractivity contribution < 1.29 is 18.3 Å². The molecule has 3 nitrogen and oxygen atoms in total. The van der Waals surface area contributed by atoms with Crippen molar-refractivity contribution in [1.29, 1.82) is 0 Å². The second-order valence-corrected chi connectivity index (χ2v) is 4.16. The molecule has 1 N–H and O–H groups in total. The first kappa shape index (κ1) is 12.0. The summed E-state index contributed by atoms with van der Waals surface area (Å²) in [6, 6.07) is 3.12. The first-order valence-corrected chi connectivity index (χ1v) is 5.38. The fraction of sp³-hybridized carbons (Fsp3) is 0.417. The summed E-state index contributed by atoms with van der Waals surface area (Å²) in [6.45, 7) is 1.98. The summed E-state index contributed by atoms with van der Waals surface area (Å²) in [4.78, 5) is 11.0. The number of benzene rings is 1. The number of carbonyl (C=O) groups excluding carboxylic acids is 1. The van der Waals surface area contributed by atoms with Crippen LogP contribution < -0.4 is 5.32 Å². The van der Waals surface area contributed by atoms with Crippen LogP contribution in [0.5, 0.6) is 0 Å². The maximum atomic E-state index is 13.0. The number of hydrogen-bond acceptors (Lipinski definition) is 2. The van der Waals surface area contributed by atoms with Gasteiger partial charge in [0.1, 0.15) is 17.7 Å². The fourth-order valence-electron chi connectivity index (χ4n) is 1.81. The lowest BCUT2D eigenvalue weighted by Crippen LogP contribution is -2.39. The van der Waals surface area contributed by atoms with Gasteiger partial charge in [-0.3, -0.25) is 4.79 Å². The highest BCUT2D eigenvalue weighted by Crippen LogP contribution is 2.19. The summed E-state index contributed by atoms with van der Waals surface area (Å²) >= 11 is 0. The van der Waals surface area contributed by atoms with Gasteiger partial charge in [-0.05, 0) is 24.1 Å². The second-order valence-electron chi connectivity index (χ2n) is 4.16. The number of epoxide rings is 1. The van der Waals surface area contributed by atoms with E-state index in [-0.39, 0.29) is 18.1 Å². The highest BCUT2D eigenvalue weighted by Gasteiger charge is 2.33. The van der Waals surface area contributed by atoms with Gasteiger partial charge in [-0.1, -0.05) is 0 Å². The normalized spacial score (nSPS) is 19.8. The molecule has 2 unspecified atom stereocenters. The monoisotopic (exact) mass is 241 g/mol. The average Bonchev–Trinajstić information content (AvgIpc) is 2.96. The summed E-state index contributed by atoms with van der Waals surface area (Å²) in [5, 5.41) is 2.72. The molecule has 0 radical (unpaired) electrons. The number of amides is 1. The predicted octanol–water partition coefficient (Wildman–Crippen LogP) is 1.41. The van der Waals surface area contributed by atoms with Gasteiger partial charge in [0, 0.05) is 13.0 Å². The molecule has 1 aromatic carbocycles. The SMILES string of the molecule is CC(=O)NC(Cc1cc(F)cc(F)c1)C1CO1. The predicted molar refractivity (Wildman–Crippen MR) is 57.4 cm³/mol. The molecule has 0 saturated carbocycles. The van der Waals surface area contributed by atoms with E-state index < -0.39 is 11.6 Å². The van der Waals surface area contributed by atoms with Gasteiger partial charge in [-0.15, -0.1) is 0 Å². The topological polar surface area (TPSA) is 41.6 Å². The highest BCUT2D eigenvalue weighted by atomic mass is 19.1. The Morgan fingerprint density at radius 2 is 2.06 bits per heavy atom. The van der Waals surface area contributed by atoms with Crippen molar-refractivity contribution in [2.24, 2.45) is 0 Å². The van der Waals surface area contributed by atoms with Gasteiger partial charge in [0.2, 0.25) is 5.91 Å². The molecule has 1 aromatic rings. The second kappa shape index (κ2) is 4.79. The van der Waals surface area contributed by atoms with E-state index in [2.05, 4.69) is 5.32 Å². The highest BCUT2D eigenvalue weighted by molar-refractivity contribution is 5.73.